The zero-order valence-electron chi connectivity index (χ0n) is 10.7. The van der Waals surface area contributed by atoms with Gasteiger partial charge in [0.1, 0.15) is 5.58 Å². The molecule has 6 heteroatoms. The Hall–Kier alpha value is -2.08. The van der Waals surface area contributed by atoms with E-state index in [1.54, 1.807) is 12.3 Å². The van der Waals surface area contributed by atoms with Gasteiger partial charge in [-0.1, -0.05) is 12.1 Å². The second kappa shape index (κ2) is 5.13. The standard InChI is InChI=1S/C14H12BrN3O2/c1-8-10(7-17-18-8)6-16-14(19)12-5-9-3-2-4-11(15)13(9)20-12/h2-5,7H,6H2,1H3,(H,16,19)(H,17,18). The van der Waals surface area contributed by atoms with Crippen LogP contribution in [0.5, 0.6) is 0 Å². The summed E-state index contributed by atoms with van der Waals surface area (Å²) in [6.07, 6.45) is 1.70. The number of nitrogens with zero attached hydrogens (tertiary/aromatic N) is 1. The molecule has 2 aromatic heterocycles. The maximum atomic E-state index is 12.1. The van der Waals surface area contributed by atoms with Crippen molar-refractivity contribution in [3.8, 4) is 0 Å². The van der Waals surface area contributed by atoms with E-state index in [2.05, 4.69) is 31.4 Å². The van der Waals surface area contributed by atoms with Crippen molar-refractivity contribution in [2.75, 3.05) is 0 Å². The molecule has 0 fully saturated rings. The van der Waals surface area contributed by atoms with Gasteiger partial charge in [-0.25, -0.2) is 0 Å². The molecule has 5 nitrogen and oxygen atoms in total. The molecule has 0 unspecified atom stereocenters. The van der Waals surface area contributed by atoms with Gasteiger partial charge in [0.05, 0.1) is 10.7 Å². The predicted molar refractivity (Wildman–Crippen MR) is 78.4 cm³/mol. The van der Waals surface area contributed by atoms with E-state index in [0.29, 0.717) is 17.9 Å². The van der Waals surface area contributed by atoms with Crippen molar-refractivity contribution in [1.82, 2.24) is 15.5 Å². The van der Waals surface area contributed by atoms with Crippen molar-refractivity contribution in [3.63, 3.8) is 0 Å². The fraction of sp³-hybridized carbons (Fsp3) is 0.143. The van der Waals surface area contributed by atoms with Crippen LogP contribution in [0.15, 0.2) is 39.4 Å². The number of carbonyl (C=O) groups is 1. The Morgan fingerprint density at radius 3 is 3.05 bits per heavy atom. The van der Waals surface area contributed by atoms with Gasteiger partial charge in [-0.15, -0.1) is 0 Å². The maximum Gasteiger partial charge on any atom is 0.287 e. The Labute approximate surface area is 123 Å². The van der Waals surface area contributed by atoms with E-state index in [9.17, 15) is 4.79 Å². The lowest BCUT2D eigenvalue weighted by molar-refractivity contribution is 0.0925. The number of H-pyrrole nitrogens is 1. The topological polar surface area (TPSA) is 70.9 Å². The van der Waals surface area contributed by atoms with Gasteiger partial charge in [-0.3, -0.25) is 9.89 Å². The number of hydrogen-bond donors (Lipinski definition) is 2. The molecular weight excluding hydrogens is 322 g/mol. The van der Waals surface area contributed by atoms with E-state index in [1.807, 2.05) is 25.1 Å². The summed E-state index contributed by atoms with van der Waals surface area (Å²) in [5.41, 5.74) is 2.57. The number of hydrogen-bond acceptors (Lipinski definition) is 3. The summed E-state index contributed by atoms with van der Waals surface area (Å²) in [4.78, 5) is 12.1. The monoisotopic (exact) mass is 333 g/mol. The molecule has 1 amide bonds. The van der Waals surface area contributed by atoms with Gasteiger partial charge in [-0.05, 0) is 35.0 Å². The van der Waals surface area contributed by atoms with Crippen LogP contribution in [0.4, 0.5) is 0 Å². The number of rotatable bonds is 3. The summed E-state index contributed by atoms with van der Waals surface area (Å²) in [6.45, 7) is 2.33. The minimum Gasteiger partial charge on any atom is -0.450 e. The van der Waals surface area contributed by atoms with Crippen molar-refractivity contribution in [1.29, 1.82) is 0 Å². The summed E-state index contributed by atoms with van der Waals surface area (Å²) < 4.78 is 6.41. The number of nitrogens with one attached hydrogen (secondary N) is 2. The number of benzene rings is 1. The summed E-state index contributed by atoms with van der Waals surface area (Å²) in [7, 11) is 0. The van der Waals surface area contributed by atoms with Gasteiger partial charge in [0, 0.05) is 23.2 Å². The predicted octanol–water partition coefficient (Wildman–Crippen LogP) is 3.16. The highest BCUT2D eigenvalue weighted by Crippen LogP contribution is 2.26. The minimum atomic E-state index is -0.242. The van der Waals surface area contributed by atoms with Crippen molar-refractivity contribution in [2.24, 2.45) is 0 Å². The molecule has 2 N–H and O–H groups in total. The molecule has 1 aromatic carbocycles. The Morgan fingerprint density at radius 2 is 2.35 bits per heavy atom. The number of carbonyl (C=O) groups excluding carboxylic acids is 1. The molecule has 0 bridgehead atoms. The second-order valence-corrected chi connectivity index (χ2v) is 5.33. The van der Waals surface area contributed by atoms with Crippen LogP contribution in [0.25, 0.3) is 11.0 Å². The molecular formula is C14H12BrN3O2. The lowest BCUT2D eigenvalue weighted by Gasteiger charge is -2.01. The van der Waals surface area contributed by atoms with Crippen LogP contribution in [0, 0.1) is 6.92 Å². The van der Waals surface area contributed by atoms with Crippen molar-refractivity contribution in [2.45, 2.75) is 13.5 Å². The van der Waals surface area contributed by atoms with Gasteiger partial charge in [0.25, 0.3) is 5.91 Å². The number of halogens is 1. The quantitative estimate of drug-likeness (QED) is 0.773. The lowest BCUT2D eigenvalue weighted by atomic mass is 10.2. The largest absolute Gasteiger partial charge is 0.450 e. The summed E-state index contributed by atoms with van der Waals surface area (Å²) >= 11 is 3.40. The smallest absolute Gasteiger partial charge is 0.287 e. The molecule has 102 valence electrons. The molecule has 3 rings (SSSR count). The van der Waals surface area contributed by atoms with Crippen LogP contribution >= 0.6 is 15.9 Å². The molecule has 0 aliphatic rings. The third-order valence-corrected chi connectivity index (χ3v) is 3.72. The molecule has 0 radical (unpaired) electrons. The third-order valence-electron chi connectivity index (χ3n) is 3.09. The fourth-order valence-electron chi connectivity index (χ4n) is 1.96. The van der Waals surface area contributed by atoms with E-state index in [0.717, 1.165) is 21.1 Å². The number of aromatic nitrogens is 2. The first-order chi connectivity index (χ1) is 9.65. The zero-order valence-corrected chi connectivity index (χ0v) is 12.3. The number of para-hydroxylation sites is 1. The van der Waals surface area contributed by atoms with Crippen molar-refractivity contribution in [3.05, 3.63) is 52.0 Å². The first kappa shape index (κ1) is 12.9. The van der Waals surface area contributed by atoms with Crippen LogP contribution in [-0.2, 0) is 6.54 Å². The summed E-state index contributed by atoms with van der Waals surface area (Å²) in [5.74, 6) is 0.0572. The molecule has 0 atom stereocenters. The van der Waals surface area contributed by atoms with Crippen LogP contribution in [0.2, 0.25) is 0 Å². The second-order valence-electron chi connectivity index (χ2n) is 4.47. The summed E-state index contributed by atoms with van der Waals surface area (Å²) in [6, 6.07) is 7.42. The highest BCUT2D eigenvalue weighted by atomic mass is 79.9. The zero-order chi connectivity index (χ0) is 14.1. The molecule has 0 aliphatic carbocycles. The normalized spacial score (nSPS) is 10.9. The first-order valence-corrected chi connectivity index (χ1v) is 6.89. The molecule has 0 spiro atoms. The van der Waals surface area contributed by atoms with Gasteiger partial charge in [-0.2, -0.15) is 5.10 Å². The lowest BCUT2D eigenvalue weighted by Crippen LogP contribution is -2.22. The minimum absolute atomic E-state index is 0.242. The van der Waals surface area contributed by atoms with Crippen molar-refractivity contribution < 1.29 is 9.21 Å². The fourth-order valence-corrected chi connectivity index (χ4v) is 2.42. The van der Waals surface area contributed by atoms with Crippen LogP contribution in [0.1, 0.15) is 21.8 Å². The number of aromatic amines is 1. The van der Waals surface area contributed by atoms with E-state index in [4.69, 9.17) is 4.42 Å². The van der Waals surface area contributed by atoms with E-state index in [1.165, 1.54) is 0 Å². The Balaban J connectivity index is 1.79. The van der Waals surface area contributed by atoms with E-state index >= 15 is 0 Å². The maximum absolute atomic E-state index is 12.1. The Bertz CT molecular complexity index is 776. The molecule has 0 saturated carbocycles. The van der Waals surface area contributed by atoms with Crippen LogP contribution in [-0.4, -0.2) is 16.1 Å². The number of aryl methyl sites for hydroxylation is 1. The third kappa shape index (κ3) is 2.34. The first-order valence-electron chi connectivity index (χ1n) is 6.10. The molecule has 20 heavy (non-hydrogen) atoms. The van der Waals surface area contributed by atoms with Gasteiger partial charge >= 0.3 is 0 Å². The van der Waals surface area contributed by atoms with Gasteiger partial charge < -0.3 is 9.73 Å². The molecule has 0 aliphatic heterocycles. The van der Waals surface area contributed by atoms with Crippen molar-refractivity contribution >= 4 is 32.8 Å². The van der Waals surface area contributed by atoms with Gasteiger partial charge in [0.15, 0.2) is 5.76 Å². The number of furan rings is 1. The van der Waals surface area contributed by atoms with Gasteiger partial charge in [0.2, 0.25) is 0 Å². The average Bonchev–Trinajstić information content (AvgIpc) is 3.03. The van der Waals surface area contributed by atoms with E-state index < -0.39 is 0 Å². The number of fused-ring (bicyclic) bond motifs is 1. The average molecular weight is 334 g/mol. The highest BCUT2D eigenvalue weighted by Gasteiger charge is 2.14. The highest BCUT2D eigenvalue weighted by molar-refractivity contribution is 9.10. The number of amides is 1. The Kier molecular flexibility index (Phi) is 3.31. The Morgan fingerprint density at radius 1 is 1.50 bits per heavy atom. The molecule has 0 saturated heterocycles. The molecule has 2 heterocycles. The summed E-state index contributed by atoms with van der Waals surface area (Å²) in [5, 5.41) is 10.5. The van der Waals surface area contributed by atoms with E-state index in [-0.39, 0.29) is 5.91 Å². The van der Waals surface area contributed by atoms with Crippen LogP contribution in [0.3, 0.4) is 0 Å². The molecule has 3 aromatic rings. The SMILES string of the molecule is Cc1[nH]ncc1CNC(=O)c1cc2cccc(Br)c2o1. The van der Waals surface area contributed by atoms with Crippen LogP contribution < -0.4 is 5.32 Å².